The molecular weight excluding hydrogens is 341 g/mol. The molecular formula is C15H15Cl2N3O3. The van der Waals surface area contributed by atoms with Gasteiger partial charge < -0.3 is 10.1 Å². The third-order valence-electron chi connectivity index (χ3n) is 2.94. The maximum absolute atomic E-state index is 10.7. The van der Waals surface area contributed by atoms with Gasteiger partial charge in [-0.25, -0.2) is 0 Å². The summed E-state index contributed by atoms with van der Waals surface area (Å²) in [5.74, 6) is 1.70. The van der Waals surface area contributed by atoms with Gasteiger partial charge in [-0.2, -0.15) is 0 Å². The average Bonchev–Trinajstić information content (AvgIpc) is 2.52. The lowest BCUT2D eigenvalue weighted by Crippen LogP contribution is -2.19. The lowest BCUT2D eigenvalue weighted by atomic mass is 10.2. The van der Waals surface area contributed by atoms with Gasteiger partial charge in [-0.15, -0.1) is 12.4 Å². The number of halogens is 2. The molecule has 0 aliphatic rings. The molecule has 0 fully saturated rings. The summed E-state index contributed by atoms with van der Waals surface area (Å²) in [4.78, 5) is 14.3. The van der Waals surface area contributed by atoms with Crippen molar-refractivity contribution in [2.75, 3.05) is 14.1 Å². The summed E-state index contributed by atoms with van der Waals surface area (Å²) in [5, 5.41) is 13.8. The second-order valence-electron chi connectivity index (χ2n) is 4.32. The summed E-state index contributed by atoms with van der Waals surface area (Å²) in [6, 6.07) is 11.3. The molecule has 0 heterocycles. The van der Waals surface area contributed by atoms with Gasteiger partial charge in [0.25, 0.3) is 5.69 Å². The average molecular weight is 356 g/mol. The minimum atomic E-state index is -0.506. The standard InChI is InChI=1S/C15H14ClN3O3.ClH/c1-17-15(18-2)10-3-6-12(7-4-10)22-14-8-5-11(19(20)21)9-13(14)16;/h3-9H,1-2H3,(H,17,18);1H. The molecule has 122 valence electrons. The van der Waals surface area contributed by atoms with Crippen LogP contribution >= 0.6 is 24.0 Å². The highest BCUT2D eigenvalue weighted by Crippen LogP contribution is 2.32. The Morgan fingerprint density at radius 1 is 1.26 bits per heavy atom. The first kappa shape index (κ1) is 18.7. The lowest BCUT2D eigenvalue weighted by Gasteiger charge is -2.09. The third-order valence-corrected chi connectivity index (χ3v) is 3.24. The Balaban J connectivity index is 0.00000264. The van der Waals surface area contributed by atoms with Gasteiger partial charge >= 0.3 is 0 Å². The van der Waals surface area contributed by atoms with Crippen molar-refractivity contribution in [3.05, 3.63) is 63.2 Å². The summed E-state index contributed by atoms with van der Waals surface area (Å²) in [6.45, 7) is 0. The highest BCUT2D eigenvalue weighted by Gasteiger charge is 2.11. The minimum Gasteiger partial charge on any atom is -0.456 e. The van der Waals surface area contributed by atoms with Gasteiger partial charge in [0, 0.05) is 31.8 Å². The first-order valence-corrected chi connectivity index (χ1v) is 6.79. The van der Waals surface area contributed by atoms with Crippen LogP contribution in [-0.2, 0) is 0 Å². The quantitative estimate of drug-likeness (QED) is 0.388. The van der Waals surface area contributed by atoms with E-state index in [1.165, 1.54) is 18.2 Å². The Morgan fingerprint density at radius 3 is 2.39 bits per heavy atom. The van der Waals surface area contributed by atoms with E-state index in [0.717, 1.165) is 11.4 Å². The van der Waals surface area contributed by atoms with Crippen LogP contribution in [0.15, 0.2) is 47.5 Å². The molecule has 2 aromatic carbocycles. The van der Waals surface area contributed by atoms with E-state index in [2.05, 4.69) is 10.3 Å². The number of rotatable bonds is 4. The number of non-ortho nitro benzene ring substituents is 1. The fourth-order valence-corrected chi connectivity index (χ4v) is 2.09. The van der Waals surface area contributed by atoms with Gasteiger partial charge in [-0.05, 0) is 30.3 Å². The van der Waals surface area contributed by atoms with Crippen LogP contribution in [0.5, 0.6) is 11.5 Å². The summed E-state index contributed by atoms with van der Waals surface area (Å²) >= 11 is 5.99. The fraction of sp³-hybridized carbons (Fsp3) is 0.133. The number of nitro groups is 1. The van der Waals surface area contributed by atoms with Crippen molar-refractivity contribution >= 4 is 35.5 Å². The number of amidine groups is 1. The largest absolute Gasteiger partial charge is 0.456 e. The maximum atomic E-state index is 10.7. The molecule has 6 nitrogen and oxygen atoms in total. The van der Waals surface area contributed by atoms with Crippen LogP contribution in [-0.4, -0.2) is 24.9 Å². The number of aliphatic imine (C=N–C) groups is 1. The molecule has 1 N–H and O–H groups in total. The van der Waals surface area contributed by atoms with E-state index in [-0.39, 0.29) is 23.1 Å². The van der Waals surface area contributed by atoms with E-state index in [9.17, 15) is 10.1 Å². The van der Waals surface area contributed by atoms with E-state index in [1.807, 2.05) is 12.1 Å². The Labute approximate surface area is 144 Å². The van der Waals surface area contributed by atoms with E-state index in [1.54, 1.807) is 26.2 Å². The molecule has 0 aliphatic heterocycles. The molecule has 0 spiro atoms. The number of nitro benzene ring substituents is 1. The number of ether oxygens (including phenoxy) is 1. The van der Waals surface area contributed by atoms with Gasteiger partial charge in [0.1, 0.15) is 17.3 Å². The summed E-state index contributed by atoms with van der Waals surface area (Å²) in [7, 11) is 3.50. The summed E-state index contributed by atoms with van der Waals surface area (Å²) in [5.41, 5.74) is 0.845. The third kappa shape index (κ3) is 4.58. The molecule has 0 unspecified atom stereocenters. The first-order valence-electron chi connectivity index (χ1n) is 6.42. The van der Waals surface area contributed by atoms with Gasteiger partial charge in [-0.1, -0.05) is 11.6 Å². The van der Waals surface area contributed by atoms with E-state index in [0.29, 0.717) is 11.5 Å². The van der Waals surface area contributed by atoms with E-state index in [4.69, 9.17) is 16.3 Å². The first-order chi connectivity index (χ1) is 10.5. The smallest absolute Gasteiger partial charge is 0.271 e. The molecule has 0 saturated carbocycles. The number of nitrogens with one attached hydrogen (secondary N) is 1. The van der Waals surface area contributed by atoms with Gasteiger partial charge in [0.05, 0.1) is 9.95 Å². The molecule has 2 rings (SSSR count). The van der Waals surface area contributed by atoms with Crippen LogP contribution in [0.1, 0.15) is 5.56 Å². The fourth-order valence-electron chi connectivity index (χ4n) is 1.88. The van der Waals surface area contributed by atoms with Crippen molar-refractivity contribution in [1.82, 2.24) is 5.32 Å². The number of hydrogen-bond acceptors (Lipinski definition) is 4. The predicted molar refractivity (Wildman–Crippen MR) is 93.4 cm³/mol. The Morgan fingerprint density at radius 2 is 1.91 bits per heavy atom. The summed E-state index contributed by atoms with van der Waals surface area (Å²) < 4.78 is 5.63. The van der Waals surface area contributed by atoms with Gasteiger partial charge in [0.15, 0.2) is 0 Å². The second-order valence-corrected chi connectivity index (χ2v) is 4.73. The Hall–Kier alpha value is -2.31. The normalized spacial score (nSPS) is 10.7. The molecule has 0 atom stereocenters. The van der Waals surface area contributed by atoms with Crippen LogP contribution in [0.25, 0.3) is 0 Å². The number of hydrogen-bond donors (Lipinski definition) is 1. The highest BCUT2D eigenvalue weighted by molar-refractivity contribution is 6.32. The lowest BCUT2D eigenvalue weighted by molar-refractivity contribution is -0.384. The zero-order chi connectivity index (χ0) is 16.1. The predicted octanol–water partition coefficient (Wildman–Crippen LogP) is 4.06. The molecule has 0 amide bonds. The second kappa shape index (κ2) is 8.36. The van der Waals surface area contributed by atoms with Crippen LogP contribution in [0.3, 0.4) is 0 Å². The number of nitrogens with zero attached hydrogens (tertiary/aromatic N) is 2. The van der Waals surface area contributed by atoms with Crippen LogP contribution in [0.4, 0.5) is 5.69 Å². The molecule has 23 heavy (non-hydrogen) atoms. The van der Waals surface area contributed by atoms with Crippen molar-refractivity contribution in [3.63, 3.8) is 0 Å². The zero-order valence-corrected chi connectivity index (χ0v) is 14.0. The van der Waals surface area contributed by atoms with Crippen molar-refractivity contribution in [1.29, 1.82) is 0 Å². The SMILES string of the molecule is CN=C(NC)c1ccc(Oc2ccc([N+](=O)[O-])cc2Cl)cc1.Cl. The Bertz CT molecular complexity index is 718. The highest BCUT2D eigenvalue weighted by atomic mass is 35.5. The van der Waals surface area contributed by atoms with Crippen LogP contribution < -0.4 is 10.1 Å². The molecule has 2 aromatic rings. The molecule has 0 bridgehead atoms. The van der Waals surface area contributed by atoms with Crippen molar-refractivity contribution in [2.45, 2.75) is 0 Å². The van der Waals surface area contributed by atoms with Gasteiger partial charge in [-0.3, -0.25) is 15.1 Å². The molecule has 0 radical (unpaired) electrons. The summed E-state index contributed by atoms with van der Waals surface area (Å²) in [6.07, 6.45) is 0. The topological polar surface area (TPSA) is 76.8 Å². The van der Waals surface area contributed by atoms with E-state index >= 15 is 0 Å². The van der Waals surface area contributed by atoms with Crippen molar-refractivity contribution < 1.29 is 9.66 Å². The van der Waals surface area contributed by atoms with Crippen LogP contribution in [0.2, 0.25) is 5.02 Å². The molecule has 0 saturated heterocycles. The van der Waals surface area contributed by atoms with E-state index < -0.39 is 4.92 Å². The molecule has 0 aliphatic carbocycles. The molecule has 8 heteroatoms. The number of benzene rings is 2. The molecule has 0 aromatic heterocycles. The maximum Gasteiger partial charge on any atom is 0.271 e. The van der Waals surface area contributed by atoms with Crippen molar-refractivity contribution in [3.8, 4) is 11.5 Å². The van der Waals surface area contributed by atoms with Crippen LogP contribution in [0, 0.1) is 10.1 Å². The minimum absolute atomic E-state index is 0. The Kier molecular flexibility index (Phi) is 6.81. The monoisotopic (exact) mass is 355 g/mol. The van der Waals surface area contributed by atoms with Crippen molar-refractivity contribution in [2.24, 2.45) is 4.99 Å². The van der Waals surface area contributed by atoms with Gasteiger partial charge in [0.2, 0.25) is 0 Å². The zero-order valence-electron chi connectivity index (χ0n) is 12.4.